The van der Waals surface area contributed by atoms with Crippen molar-refractivity contribution in [3.63, 3.8) is 0 Å². The molecule has 144 valence electrons. The van der Waals surface area contributed by atoms with E-state index in [1.807, 2.05) is 91.0 Å². The normalized spacial score (nSPS) is 11.6. The van der Waals surface area contributed by atoms with Gasteiger partial charge in [0.05, 0.1) is 5.56 Å². The molecule has 0 saturated carbocycles. The Bertz CT molecular complexity index is 1000. The van der Waals surface area contributed by atoms with Gasteiger partial charge in [-0.1, -0.05) is 66.7 Å². The summed E-state index contributed by atoms with van der Waals surface area (Å²) >= 11 is 0. The Morgan fingerprint density at radius 3 is 1.38 bits per heavy atom. The van der Waals surface area contributed by atoms with Gasteiger partial charge in [0.2, 0.25) is 0 Å². The number of hydrogen-bond donors (Lipinski definition) is 0. The van der Waals surface area contributed by atoms with Crippen LogP contribution in [-0.2, 0) is 4.18 Å². The van der Waals surface area contributed by atoms with Gasteiger partial charge in [-0.2, -0.15) is 0 Å². The lowest BCUT2D eigenvalue weighted by atomic mass is 10.2. The highest BCUT2D eigenvalue weighted by atomic mass is 32.3. The number of benzene rings is 4. The summed E-state index contributed by atoms with van der Waals surface area (Å²) in [7, 11) is -2.41. The Labute approximate surface area is 171 Å². The molecule has 0 aromatic heterocycles. The molecule has 0 heterocycles. The molecule has 4 heteroatoms. The van der Waals surface area contributed by atoms with Crippen LogP contribution in [0.4, 0.5) is 4.39 Å². The predicted octanol–water partition coefficient (Wildman–Crippen LogP) is 6.88. The molecule has 0 aliphatic heterocycles. The fourth-order valence-electron chi connectivity index (χ4n) is 3.17. The summed E-state index contributed by atoms with van der Waals surface area (Å²) < 4.78 is 20.6. The highest BCUT2D eigenvalue weighted by Gasteiger charge is 2.36. The summed E-state index contributed by atoms with van der Waals surface area (Å²) in [5, 5.41) is 0. The zero-order chi connectivity index (χ0) is 20.1. The maximum Gasteiger partial charge on any atom is 0.352 e. The van der Waals surface area contributed by atoms with Gasteiger partial charge in [0.15, 0.2) is 0 Å². The molecule has 2 nitrogen and oxygen atoms in total. The van der Waals surface area contributed by atoms with Crippen LogP contribution in [0.5, 0.6) is 0 Å². The summed E-state index contributed by atoms with van der Waals surface area (Å²) in [5.41, 5.74) is -0.0767. The van der Waals surface area contributed by atoms with Crippen LogP contribution < -0.4 is 0 Å². The molecule has 0 radical (unpaired) electrons. The molecular formula is C25H19FO2S. The lowest BCUT2D eigenvalue weighted by Gasteiger charge is -2.39. The van der Waals surface area contributed by atoms with E-state index in [0.717, 1.165) is 14.7 Å². The minimum absolute atomic E-state index is 0.0767. The zero-order valence-electron chi connectivity index (χ0n) is 15.6. The minimum Gasteiger partial charge on any atom is -0.398 e. The largest absolute Gasteiger partial charge is 0.398 e. The maximum atomic E-state index is 14.3. The van der Waals surface area contributed by atoms with Crippen molar-refractivity contribution in [2.45, 2.75) is 14.7 Å². The third-order valence-corrected chi connectivity index (χ3v) is 7.73. The van der Waals surface area contributed by atoms with Crippen molar-refractivity contribution >= 4 is 16.3 Å². The summed E-state index contributed by atoms with van der Waals surface area (Å²) in [6.07, 6.45) is 0. The van der Waals surface area contributed by atoms with Crippen LogP contribution in [0.25, 0.3) is 0 Å². The highest BCUT2D eigenvalue weighted by Crippen LogP contribution is 2.69. The van der Waals surface area contributed by atoms with Crippen molar-refractivity contribution in [1.82, 2.24) is 0 Å². The smallest absolute Gasteiger partial charge is 0.352 e. The van der Waals surface area contributed by atoms with Crippen molar-refractivity contribution in [1.29, 1.82) is 0 Å². The zero-order valence-corrected chi connectivity index (χ0v) is 16.4. The number of rotatable bonds is 5. The Morgan fingerprint density at radius 1 is 0.586 bits per heavy atom. The van der Waals surface area contributed by atoms with E-state index >= 15 is 0 Å². The van der Waals surface area contributed by atoms with E-state index in [4.69, 9.17) is 4.18 Å². The molecule has 0 aliphatic carbocycles. The Hall–Kier alpha value is -3.37. The van der Waals surface area contributed by atoms with Crippen molar-refractivity contribution in [2.75, 3.05) is 0 Å². The SMILES string of the molecule is O=C(OS(c1ccccc1)(c1ccccc1)c1ccccc1)c1ccccc1F. The standard InChI is InChI=1S/C25H19FO2S/c26-24-19-11-10-18-23(24)25(27)28-29(20-12-4-1-5-13-20,21-14-6-2-7-15-21)22-16-8-3-9-17-22/h1-19H. The van der Waals surface area contributed by atoms with E-state index < -0.39 is 22.1 Å². The van der Waals surface area contributed by atoms with Crippen LogP contribution in [0.15, 0.2) is 130 Å². The van der Waals surface area contributed by atoms with Crippen LogP contribution >= 0.6 is 10.3 Å². The van der Waals surface area contributed by atoms with Gasteiger partial charge in [0, 0.05) is 14.7 Å². The summed E-state index contributed by atoms with van der Waals surface area (Å²) in [6, 6.07) is 34.8. The third-order valence-electron chi connectivity index (χ3n) is 4.52. The average molecular weight is 402 g/mol. The molecule has 4 rings (SSSR count). The molecule has 0 N–H and O–H groups in total. The van der Waals surface area contributed by atoms with Gasteiger partial charge < -0.3 is 4.18 Å². The lowest BCUT2D eigenvalue weighted by molar-refractivity contribution is 0.0752. The third kappa shape index (κ3) is 3.67. The van der Waals surface area contributed by atoms with Gasteiger partial charge in [0.1, 0.15) is 5.82 Å². The molecule has 0 spiro atoms. The first-order chi connectivity index (χ1) is 14.2. The van der Waals surface area contributed by atoms with Crippen molar-refractivity contribution in [2.24, 2.45) is 0 Å². The van der Waals surface area contributed by atoms with Crippen LogP contribution in [0.1, 0.15) is 10.4 Å². The summed E-state index contributed by atoms with van der Waals surface area (Å²) in [6.45, 7) is 0. The van der Waals surface area contributed by atoms with E-state index in [1.54, 1.807) is 12.1 Å². The number of carbonyl (C=O) groups excluding carboxylic acids is 1. The summed E-state index contributed by atoms with van der Waals surface area (Å²) in [5.74, 6) is -1.28. The Balaban J connectivity index is 1.95. The van der Waals surface area contributed by atoms with Crippen LogP contribution in [0, 0.1) is 5.82 Å². The molecule has 0 fully saturated rings. The first-order valence-electron chi connectivity index (χ1n) is 9.19. The summed E-state index contributed by atoms with van der Waals surface area (Å²) in [4.78, 5) is 15.7. The van der Waals surface area contributed by atoms with Gasteiger partial charge in [-0.25, -0.2) is 9.18 Å². The van der Waals surface area contributed by atoms with Crippen molar-refractivity contribution in [3.05, 3.63) is 127 Å². The van der Waals surface area contributed by atoms with Gasteiger partial charge in [-0.05, 0) is 58.8 Å². The van der Waals surface area contributed by atoms with E-state index in [-0.39, 0.29) is 5.56 Å². The maximum absolute atomic E-state index is 14.3. The topological polar surface area (TPSA) is 26.3 Å². The van der Waals surface area contributed by atoms with Crippen LogP contribution in [-0.4, -0.2) is 5.97 Å². The first-order valence-corrected chi connectivity index (χ1v) is 10.7. The fourth-order valence-corrected chi connectivity index (χ4v) is 6.22. The van der Waals surface area contributed by atoms with E-state index in [0.29, 0.717) is 0 Å². The van der Waals surface area contributed by atoms with E-state index in [9.17, 15) is 9.18 Å². The number of hydrogen-bond acceptors (Lipinski definition) is 2. The lowest BCUT2D eigenvalue weighted by Crippen LogP contribution is -2.15. The van der Waals surface area contributed by atoms with E-state index in [1.165, 1.54) is 12.1 Å². The first kappa shape index (κ1) is 19.0. The number of carbonyl (C=O) groups is 1. The molecule has 0 unspecified atom stereocenters. The second-order valence-electron chi connectivity index (χ2n) is 6.35. The molecule has 4 aromatic carbocycles. The number of halogens is 1. The molecule has 0 aliphatic rings. The average Bonchev–Trinajstić information content (AvgIpc) is 2.79. The second kappa shape index (κ2) is 8.33. The molecule has 29 heavy (non-hydrogen) atoms. The minimum atomic E-state index is -2.41. The second-order valence-corrected chi connectivity index (χ2v) is 9.04. The fraction of sp³-hybridized carbons (Fsp3) is 0. The Kier molecular flexibility index (Phi) is 5.45. The van der Waals surface area contributed by atoms with Gasteiger partial charge in [0.25, 0.3) is 0 Å². The molecule has 0 bridgehead atoms. The molecule has 0 amide bonds. The molecular weight excluding hydrogens is 383 g/mol. The van der Waals surface area contributed by atoms with Gasteiger partial charge in [-0.3, -0.25) is 0 Å². The van der Waals surface area contributed by atoms with Gasteiger partial charge >= 0.3 is 5.97 Å². The van der Waals surface area contributed by atoms with Crippen LogP contribution in [0.2, 0.25) is 0 Å². The molecule has 0 atom stereocenters. The van der Waals surface area contributed by atoms with Gasteiger partial charge in [-0.15, -0.1) is 0 Å². The van der Waals surface area contributed by atoms with Crippen LogP contribution in [0.3, 0.4) is 0 Å². The quantitative estimate of drug-likeness (QED) is 0.364. The predicted molar refractivity (Wildman–Crippen MR) is 114 cm³/mol. The van der Waals surface area contributed by atoms with Crippen molar-refractivity contribution < 1.29 is 13.4 Å². The Morgan fingerprint density at radius 2 is 0.966 bits per heavy atom. The molecule has 4 aromatic rings. The van der Waals surface area contributed by atoms with Crippen molar-refractivity contribution in [3.8, 4) is 0 Å². The molecule has 0 saturated heterocycles. The highest BCUT2D eigenvalue weighted by molar-refractivity contribution is 8.30. The monoisotopic (exact) mass is 402 g/mol. The van der Waals surface area contributed by atoms with E-state index in [2.05, 4.69) is 0 Å².